The summed E-state index contributed by atoms with van der Waals surface area (Å²) >= 11 is 0. The van der Waals surface area contributed by atoms with Crippen molar-refractivity contribution in [1.82, 2.24) is 39.1 Å². The number of aromatic nitrogens is 8. The monoisotopic (exact) mass is 327 g/mol. The molecule has 4 aromatic rings. The van der Waals surface area contributed by atoms with Gasteiger partial charge in [0.25, 0.3) is 0 Å². The Hall–Kier alpha value is -3.37. The van der Waals surface area contributed by atoms with Gasteiger partial charge in [0.05, 0.1) is 28.4 Å². The standard InChI is InChI=1S/C13H13N9O2/c1-7-4-10(22(23)24)17-21(7)8(2)11-16-13-9-5-15-19(3)12(9)14-6-20(13)18-11/h4-6,8H,1-3H3/t8-/m0/s1. The van der Waals surface area contributed by atoms with E-state index in [4.69, 9.17) is 0 Å². The van der Waals surface area contributed by atoms with Crippen LogP contribution in [-0.2, 0) is 7.05 Å². The van der Waals surface area contributed by atoms with Crippen molar-refractivity contribution < 1.29 is 4.92 Å². The number of hydrogen-bond acceptors (Lipinski definition) is 7. The fraction of sp³-hybridized carbons (Fsp3) is 0.308. The lowest BCUT2D eigenvalue weighted by molar-refractivity contribution is -0.389. The zero-order chi connectivity index (χ0) is 17.0. The molecule has 0 fully saturated rings. The normalized spacial score (nSPS) is 13.0. The minimum absolute atomic E-state index is 0.195. The van der Waals surface area contributed by atoms with Crippen molar-refractivity contribution in [3.63, 3.8) is 0 Å². The van der Waals surface area contributed by atoms with E-state index in [1.54, 1.807) is 40.4 Å². The summed E-state index contributed by atoms with van der Waals surface area (Å²) in [5, 5.41) is 24.3. The molecule has 4 heterocycles. The third-order valence-corrected chi connectivity index (χ3v) is 3.92. The molecule has 0 saturated carbocycles. The van der Waals surface area contributed by atoms with Gasteiger partial charge in [0.2, 0.25) is 0 Å². The predicted octanol–water partition coefficient (Wildman–Crippen LogP) is 1.03. The molecule has 24 heavy (non-hydrogen) atoms. The van der Waals surface area contributed by atoms with Crippen LogP contribution in [0.1, 0.15) is 24.5 Å². The zero-order valence-electron chi connectivity index (χ0n) is 13.2. The second kappa shape index (κ2) is 4.81. The van der Waals surface area contributed by atoms with Crippen LogP contribution in [0.4, 0.5) is 5.82 Å². The molecule has 1 atom stereocenters. The van der Waals surface area contributed by atoms with Crippen molar-refractivity contribution in [2.75, 3.05) is 0 Å². The highest BCUT2D eigenvalue weighted by Crippen LogP contribution is 2.22. The first kappa shape index (κ1) is 14.2. The van der Waals surface area contributed by atoms with Crippen LogP contribution in [0.25, 0.3) is 16.7 Å². The molecular weight excluding hydrogens is 314 g/mol. The number of nitrogens with zero attached hydrogens (tertiary/aromatic N) is 9. The van der Waals surface area contributed by atoms with Crippen molar-refractivity contribution in [2.45, 2.75) is 19.9 Å². The van der Waals surface area contributed by atoms with Crippen molar-refractivity contribution in [3.8, 4) is 0 Å². The van der Waals surface area contributed by atoms with E-state index in [9.17, 15) is 10.1 Å². The summed E-state index contributed by atoms with van der Waals surface area (Å²) in [7, 11) is 1.80. The quantitative estimate of drug-likeness (QED) is 0.407. The number of rotatable bonds is 3. The first-order valence-corrected chi connectivity index (χ1v) is 7.19. The summed E-state index contributed by atoms with van der Waals surface area (Å²) in [4.78, 5) is 19.2. The molecule has 0 saturated heterocycles. The van der Waals surface area contributed by atoms with Crippen molar-refractivity contribution >= 4 is 22.5 Å². The number of fused-ring (bicyclic) bond motifs is 3. The van der Waals surface area contributed by atoms with Crippen LogP contribution in [0.2, 0.25) is 0 Å². The molecule has 0 aromatic carbocycles. The van der Waals surface area contributed by atoms with E-state index < -0.39 is 4.92 Å². The van der Waals surface area contributed by atoms with E-state index in [0.29, 0.717) is 22.8 Å². The maximum Gasteiger partial charge on any atom is 0.390 e. The van der Waals surface area contributed by atoms with E-state index in [0.717, 1.165) is 5.39 Å². The molecule has 0 radical (unpaired) electrons. The molecule has 0 aliphatic heterocycles. The Kier molecular flexibility index (Phi) is 2.85. The Morgan fingerprint density at radius 3 is 2.79 bits per heavy atom. The third-order valence-electron chi connectivity index (χ3n) is 3.92. The van der Waals surface area contributed by atoms with Gasteiger partial charge in [0.1, 0.15) is 12.4 Å². The molecule has 122 valence electrons. The summed E-state index contributed by atoms with van der Waals surface area (Å²) in [6.07, 6.45) is 3.26. The molecule has 0 spiro atoms. The predicted molar refractivity (Wildman–Crippen MR) is 82.5 cm³/mol. The summed E-state index contributed by atoms with van der Waals surface area (Å²) in [6, 6.07) is 1.07. The smallest absolute Gasteiger partial charge is 0.358 e. The Bertz CT molecular complexity index is 1090. The van der Waals surface area contributed by atoms with Gasteiger partial charge in [0.15, 0.2) is 17.1 Å². The summed E-state index contributed by atoms with van der Waals surface area (Å²) in [5.41, 5.74) is 2.01. The van der Waals surface area contributed by atoms with Gasteiger partial charge in [0, 0.05) is 7.05 Å². The SMILES string of the molecule is Cc1cc([N+](=O)[O-])nn1[C@@H](C)c1nc2c3cnn(C)c3ncn2n1. The van der Waals surface area contributed by atoms with Crippen LogP contribution in [-0.4, -0.2) is 44.1 Å². The number of nitro groups is 1. The van der Waals surface area contributed by atoms with Crippen LogP contribution >= 0.6 is 0 Å². The first-order chi connectivity index (χ1) is 11.5. The average Bonchev–Trinajstić information content (AvgIpc) is 3.23. The van der Waals surface area contributed by atoms with Crippen molar-refractivity contribution in [2.24, 2.45) is 7.05 Å². The van der Waals surface area contributed by atoms with Gasteiger partial charge in [-0.1, -0.05) is 0 Å². The minimum atomic E-state index is -0.517. The van der Waals surface area contributed by atoms with Gasteiger partial charge in [-0.2, -0.15) is 9.78 Å². The summed E-state index contributed by atoms with van der Waals surface area (Å²) < 4.78 is 4.78. The molecule has 0 aliphatic carbocycles. The van der Waals surface area contributed by atoms with Crippen molar-refractivity contribution in [1.29, 1.82) is 0 Å². The van der Waals surface area contributed by atoms with Gasteiger partial charge in [-0.25, -0.2) is 14.5 Å². The average molecular weight is 327 g/mol. The lowest BCUT2D eigenvalue weighted by atomic mass is 10.3. The summed E-state index contributed by atoms with van der Waals surface area (Å²) in [5.74, 6) is 0.300. The maximum absolute atomic E-state index is 10.9. The number of aryl methyl sites for hydroxylation is 2. The molecule has 0 aliphatic rings. The van der Waals surface area contributed by atoms with Crippen LogP contribution < -0.4 is 0 Å². The van der Waals surface area contributed by atoms with Crippen molar-refractivity contribution in [3.05, 3.63) is 40.2 Å². The molecular formula is C13H13N9O2. The molecule has 4 rings (SSSR count). The molecule has 0 unspecified atom stereocenters. The van der Waals surface area contributed by atoms with Crippen LogP contribution in [0, 0.1) is 17.0 Å². The first-order valence-electron chi connectivity index (χ1n) is 7.19. The zero-order valence-corrected chi connectivity index (χ0v) is 13.2. The van der Waals surface area contributed by atoms with Crippen LogP contribution in [0.3, 0.4) is 0 Å². The molecule has 4 aromatic heterocycles. The number of hydrogen-bond donors (Lipinski definition) is 0. The molecule has 0 N–H and O–H groups in total. The fourth-order valence-electron chi connectivity index (χ4n) is 2.69. The molecule has 11 heteroatoms. The highest BCUT2D eigenvalue weighted by molar-refractivity contribution is 5.88. The fourth-order valence-corrected chi connectivity index (χ4v) is 2.69. The van der Waals surface area contributed by atoms with Gasteiger partial charge in [-0.15, -0.1) is 5.10 Å². The van der Waals surface area contributed by atoms with E-state index in [-0.39, 0.29) is 11.9 Å². The largest absolute Gasteiger partial charge is 0.390 e. The second-order valence-corrected chi connectivity index (χ2v) is 5.51. The van der Waals surface area contributed by atoms with Crippen LogP contribution in [0.5, 0.6) is 0 Å². The highest BCUT2D eigenvalue weighted by Gasteiger charge is 2.24. The van der Waals surface area contributed by atoms with E-state index in [2.05, 4.69) is 25.3 Å². The van der Waals surface area contributed by atoms with Gasteiger partial charge >= 0.3 is 5.82 Å². The van der Waals surface area contributed by atoms with Gasteiger partial charge in [-0.05, 0) is 18.8 Å². The Labute approximate surface area is 134 Å². The van der Waals surface area contributed by atoms with Gasteiger partial charge < -0.3 is 10.1 Å². The Morgan fingerprint density at radius 2 is 2.08 bits per heavy atom. The molecule has 0 amide bonds. The lowest BCUT2D eigenvalue weighted by Gasteiger charge is -2.05. The van der Waals surface area contributed by atoms with Crippen LogP contribution in [0.15, 0.2) is 18.6 Å². The maximum atomic E-state index is 10.9. The topological polar surface area (TPSA) is 122 Å². The minimum Gasteiger partial charge on any atom is -0.358 e. The lowest BCUT2D eigenvalue weighted by Crippen LogP contribution is -2.12. The van der Waals surface area contributed by atoms with E-state index >= 15 is 0 Å². The third kappa shape index (κ3) is 1.94. The summed E-state index contributed by atoms with van der Waals surface area (Å²) in [6.45, 7) is 3.60. The molecule has 11 nitrogen and oxygen atoms in total. The Balaban J connectivity index is 1.84. The van der Waals surface area contributed by atoms with E-state index in [1.165, 1.54) is 6.07 Å². The highest BCUT2D eigenvalue weighted by atomic mass is 16.6. The van der Waals surface area contributed by atoms with Gasteiger partial charge in [-0.3, -0.25) is 4.68 Å². The molecule has 0 bridgehead atoms. The second-order valence-electron chi connectivity index (χ2n) is 5.51. The van der Waals surface area contributed by atoms with E-state index in [1.807, 2.05) is 6.92 Å². The Morgan fingerprint density at radius 1 is 1.29 bits per heavy atom.